The van der Waals surface area contributed by atoms with Gasteiger partial charge < -0.3 is 5.11 Å². The van der Waals surface area contributed by atoms with Crippen LogP contribution in [0.3, 0.4) is 0 Å². The van der Waals surface area contributed by atoms with Crippen molar-refractivity contribution in [2.75, 3.05) is 0 Å². The van der Waals surface area contributed by atoms with Gasteiger partial charge in [-0.05, 0) is 0 Å². The number of hydrogen-bond acceptors (Lipinski definition) is 1. The number of benzene rings is 1. The van der Waals surface area contributed by atoms with Gasteiger partial charge in [0, 0.05) is 53.8 Å². The molecule has 0 saturated heterocycles. The Morgan fingerprint density at radius 3 is 2.08 bits per heavy atom. The van der Waals surface area contributed by atoms with Crippen LogP contribution in [0, 0.1) is 26.0 Å². The van der Waals surface area contributed by atoms with Crippen LogP contribution in [0.4, 0.5) is 0 Å². The minimum absolute atomic E-state index is 0. The number of phenols is 1. The Kier molecular flexibility index (Phi) is 8.80. The van der Waals surface area contributed by atoms with E-state index in [0.717, 1.165) is 15.6 Å². The van der Waals surface area contributed by atoms with Crippen LogP contribution >= 0.6 is 15.9 Å². The largest absolute Gasteiger partial charge is 0.591 e. The third-order valence-electron chi connectivity index (χ3n) is 1.29. The standard InChI is InChI=1S/C8H7BrO.W.Y/c1-5-4-8(10)6(2)3-7(5)9;;/h10H,1-2H3;;/q-2;;. The Morgan fingerprint density at radius 1 is 1.17 bits per heavy atom. The molecule has 0 aliphatic rings. The van der Waals surface area contributed by atoms with Crippen LogP contribution in [-0.2, 0) is 53.8 Å². The fraction of sp³-hybridized carbons (Fsp3) is 0.250. The summed E-state index contributed by atoms with van der Waals surface area (Å²) in [5, 5.41) is 9.12. The molecule has 4 heteroatoms. The molecule has 0 aromatic heterocycles. The molecule has 0 heterocycles. The zero-order valence-corrected chi connectivity index (χ0v) is 14.2. The summed E-state index contributed by atoms with van der Waals surface area (Å²) in [6.07, 6.45) is 0. The normalized spacial score (nSPS) is 8.25. The summed E-state index contributed by atoms with van der Waals surface area (Å²) >= 11 is 3.28. The van der Waals surface area contributed by atoms with Crippen molar-refractivity contribution in [2.45, 2.75) is 13.8 Å². The van der Waals surface area contributed by atoms with Crippen molar-refractivity contribution in [1.82, 2.24) is 0 Å². The molecule has 0 unspecified atom stereocenters. The first-order chi connectivity index (χ1) is 4.61. The molecule has 0 bridgehead atoms. The van der Waals surface area contributed by atoms with E-state index >= 15 is 0 Å². The molecule has 1 radical (unpaired) electrons. The molecule has 0 saturated carbocycles. The number of phenolic OH excluding ortho intramolecular Hbond substituents is 1. The molecule has 0 fully saturated rings. The van der Waals surface area contributed by atoms with E-state index in [2.05, 4.69) is 28.1 Å². The van der Waals surface area contributed by atoms with Gasteiger partial charge in [0.05, 0.1) is 0 Å². The van der Waals surface area contributed by atoms with Crippen LogP contribution < -0.4 is 0 Å². The zero-order valence-electron chi connectivity index (χ0n) is 6.81. The van der Waals surface area contributed by atoms with Crippen molar-refractivity contribution in [3.8, 4) is 5.75 Å². The maximum atomic E-state index is 9.12. The van der Waals surface area contributed by atoms with E-state index in [-0.39, 0.29) is 59.5 Å². The summed E-state index contributed by atoms with van der Waals surface area (Å²) in [6, 6.07) is 5.73. The van der Waals surface area contributed by atoms with Gasteiger partial charge in [-0.25, -0.2) is 10.0 Å². The SMILES string of the molecule is Cc1[c-]c(Br)c(C)[c-]c1O.[W].[Y]. The Labute approximate surface area is 121 Å². The number of halogens is 1. The van der Waals surface area contributed by atoms with Gasteiger partial charge in [-0.2, -0.15) is 15.9 Å². The molecule has 1 nitrogen and oxygen atoms in total. The molecule has 1 N–H and O–H groups in total. The molecule has 63 valence electrons. The van der Waals surface area contributed by atoms with E-state index in [9.17, 15) is 0 Å². The van der Waals surface area contributed by atoms with Crippen molar-refractivity contribution >= 4 is 15.9 Å². The minimum atomic E-state index is 0. The first-order valence-electron chi connectivity index (χ1n) is 2.91. The number of rotatable bonds is 0. The monoisotopic (exact) mass is 471 g/mol. The van der Waals surface area contributed by atoms with E-state index in [1.807, 2.05) is 6.92 Å². The van der Waals surface area contributed by atoms with Crippen molar-refractivity contribution in [3.63, 3.8) is 0 Å². The van der Waals surface area contributed by atoms with Crippen molar-refractivity contribution < 1.29 is 58.9 Å². The molecule has 0 atom stereocenters. The van der Waals surface area contributed by atoms with Gasteiger partial charge >= 0.3 is 0 Å². The maximum absolute atomic E-state index is 9.12. The molecule has 0 aliphatic carbocycles. The number of aryl methyl sites for hydroxylation is 2. The van der Waals surface area contributed by atoms with E-state index < -0.39 is 0 Å². The Balaban J connectivity index is 0. The summed E-state index contributed by atoms with van der Waals surface area (Å²) in [6.45, 7) is 3.65. The summed E-state index contributed by atoms with van der Waals surface area (Å²) in [4.78, 5) is 0. The van der Waals surface area contributed by atoms with Gasteiger partial charge in [-0.15, -0.1) is 19.6 Å². The summed E-state index contributed by atoms with van der Waals surface area (Å²) in [7, 11) is 0. The molecule has 1 aromatic carbocycles. The van der Waals surface area contributed by atoms with Gasteiger partial charge in [0.2, 0.25) is 0 Å². The van der Waals surface area contributed by atoms with Gasteiger partial charge in [0.15, 0.2) is 0 Å². The van der Waals surface area contributed by atoms with Crippen molar-refractivity contribution in [2.24, 2.45) is 0 Å². The average molecular weight is 472 g/mol. The third-order valence-corrected chi connectivity index (χ3v) is 2.08. The molecule has 12 heavy (non-hydrogen) atoms. The van der Waals surface area contributed by atoms with E-state index in [1.54, 1.807) is 6.92 Å². The topological polar surface area (TPSA) is 20.2 Å². The van der Waals surface area contributed by atoms with Crippen LogP contribution in [0.2, 0.25) is 0 Å². The zero-order chi connectivity index (χ0) is 7.72. The van der Waals surface area contributed by atoms with Gasteiger partial charge in [-0.1, -0.05) is 0 Å². The molecule has 1 rings (SSSR count). The van der Waals surface area contributed by atoms with E-state index in [1.165, 1.54) is 0 Å². The Morgan fingerprint density at radius 2 is 1.67 bits per heavy atom. The van der Waals surface area contributed by atoms with Crippen LogP contribution in [0.15, 0.2) is 4.47 Å². The van der Waals surface area contributed by atoms with Gasteiger partial charge in [-0.3, -0.25) is 17.7 Å². The quantitative estimate of drug-likeness (QED) is 0.576. The minimum Gasteiger partial charge on any atom is -0.591 e. The third kappa shape index (κ3) is 4.00. The van der Waals surface area contributed by atoms with Crippen LogP contribution in [0.5, 0.6) is 5.75 Å². The number of hydrogen-bond donors (Lipinski definition) is 1. The van der Waals surface area contributed by atoms with Crippen LogP contribution in [0.25, 0.3) is 0 Å². The van der Waals surface area contributed by atoms with E-state index in [4.69, 9.17) is 5.11 Å². The summed E-state index contributed by atoms with van der Waals surface area (Å²) in [5.41, 5.74) is 1.60. The molecule has 0 amide bonds. The predicted octanol–water partition coefficient (Wildman–Crippen LogP) is 2.37. The fourth-order valence-electron chi connectivity index (χ4n) is 0.644. The second kappa shape index (κ2) is 6.70. The number of aromatic hydroxyl groups is 1. The van der Waals surface area contributed by atoms with Gasteiger partial charge in [0.25, 0.3) is 0 Å². The fourth-order valence-corrected chi connectivity index (χ4v) is 1.04. The molecule has 1 aromatic rings. The van der Waals surface area contributed by atoms with Crippen molar-refractivity contribution in [3.05, 3.63) is 27.7 Å². The first kappa shape index (κ1) is 15.8. The van der Waals surface area contributed by atoms with Crippen LogP contribution in [0.1, 0.15) is 11.1 Å². The molecular formula is C8H7BrOWY-2. The van der Waals surface area contributed by atoms with Crippen LogP contribution in [-0.4, -0.2) is 5.11 Å². The maximum Gasteiger partial charge on any atom is 0 e. The molecular weight excluding hydrogens is 465 g/mol. The summed E-state index contributed by atoms with van der Waals surface area (Å²) < 4.78 is 0.864. The van der Waals surface area contributed by atoms with Gasteiger partial charge in [0.1, 0.15) is 0 Å². The predicted molar refractivity (Wildman–Crippen MR) is 43.0 cm³/mol. The second-order valence-electron chi connectivity index (χ2n) is 2.16. The molecule has 0 spiro atoms. The Bertz CT molecular complexity index is 215. The smallest absolute Gasteiger partial charge is 0 e. The summed E-state index contributed by atoms with van der Waals surface area (Å²) in [5.74, 6) is 0.181. The molecule has 0 aliphatic heterocycles. The average Bonchev–Trinajstić information content (AvgIpc) is 1.84. The first-order valence-corrected chi connectivity index (χ1v) is 3.71. The Hall–Kier alpha value is 1.29. The second-order valence-corrected chi connectivity index (χ2v) is 2.96. The van der Waals surface area contributed by atoms with Crippen molar-refractivity contribution in [1.29, 1.82) is 0 Å². The van der Waals surface area contributed by atoms with E-state index in [0.29, 0.717) is 0 Å².